The van der Waals surface area contributed by atoms with Crippen LogP contribution in [0, 0.1) is 21.8 Å². The van der Waals surface area contributed by atoms with E-state index in [2.05, 4.69) is 0 Å². The standard InChI is InChI=1S/C10H11ClFNO4S/c1-7(5-11)6-18(16,17)10-3-2-8(12)4-9(10)13(14)15/h2-4,7H,5-6H2,1H3. The second kappa shape index (κ2) is 5.62. The SMILES string of the molecule is CC(CCl)CS(=O)(=O)c1ccc(F)cc1[N+](=O)[O-]. The number of hydrogen-bond acceptors (Lipinski definition) is 4. The van der Waals surface area contributed by atoms with Crippen molar-refractivity contribution in [3.8, 4) is 0 Å². The van der Waals surface area contributed by atoms with E-state index in [1.807, 2.05) is 0 Å². The van der Waals surface area contributed by atoms with Crippen molar-refractivity contribution in [1.82, 2.24) is 0 Å². The van der Waals surface area contributed by atoms with Crippen molar-refractivity contribution in [2.75, 3.05) is 11.6 Å². The topological polar surface area (TPSA) is 77.3 Å². The quantitative estimate of drug-likeness (QED) is 0.362. The smallest absolute Gasteiger partial charge is 0.258 e. The normalized spacial score (nSPS) is 13.3. The Labute approximate surface area is 109 Å². The monoisotopic (exact) mass is 295 g/mol. The molecule has 0 aliphatic heterocycles. The van der Waals surface area contributed by atoms with E-state index in [1.165, 1.54) is 0 Å². The Kier molecular flexibility index (Phi) is 4.64. The first-order valence-electron chi connectivity index (χ1n) is 5.00. The van der Waals surface area contributed by atoms with Crippen LogP contribution in [-0.4, -0.2) is 25.0 Å². The lowest BCUT2D eigenvalue weighted by atomic mass is 10.3. The summed E-state index contributed by atoms with van der Waals surface area (Å²) in [6.45, 7) is 1.61. The first-order valence-corrected chi connectivity index (χ1v) is 7.19. The number of alkyl halides is 1. The third kappa shape index (κ3) is 3.39. The molecule has 0 bridgehead atoms. The molecule has 0 aliphatic carbocycles. The molecule has 18 heavy (non-hydrogen) atoms. The largest absolute Gasteiger partial charge is 0.290 e. The Morgan fingerprint density at radius 3 is 2.61 bits per heavy atom. The van der Waals surface area contributed by atoms with E-state index >= 15 is 0 Å². The Hall–Kier alpha value is -1.21. The molecule has 100 valence electrons. The molecule has 1 unspecified atom stereocenters. The summed E-state index contributed by atoms with van der Waals surface area (Å²) in [5, 5.41) is 10.7. The van der Waals surface area contributed by atoms with Crippen molar-refractivity contribution in [2.24, 2.45) is 5.92 Å². The lowest BCUT2D eigenvalue weighted by Crippen LogP contribution is -2.16. The fraction of sp³-hybridized carbons (Fsp3) is 0.400. The molecule has 1 rings (SSSR count). The van der Waals surface area contributed by atoms with Crippen LogP contribution in [0.5, 0.6) is 0 Å². The van der Waals surface area contributed by atoms with Crippen LogP contribution >= 0.6 is 11.6 Å². The first kappa shape index (κ1) is 14.8. The first-order chi connectivity index (χ1) is 8.27. The second-order valence-electron chi connectivity index (χ2n) is 3.91. The summed E-state index contributed by atoms with van der Waals surface area (Å²) < 4.78 is 36.8. The van der Waals surface area contributed by atoms with E-state index in [4.69, 9.17) is 11.6 Å². The molecule has 0 aromatic heterocycles. The fourth-order valence-corrected chi connectivity index (χ4v) is 3.42. The summed E-state index contributed by atoms with van der Waals surface area (Å²) in [7, 11) is -3.86. The lowest BCUT2D eigenvalue weighted by Gasteiger charge is -2.09. The van der Waals surface area contributed by atoms with E-state index < -0.39 is 31.2 Å². The van der Waals surface area contributed by atoms with Gasteiger partial charge in [0.2, 0.25) is 0 Å². The van der Waals surface area contributed by atoms with Gasteiger partial charge in [-0.2, -0.15) is 0 Å². The molecule has 8 heteroatoms. The van der Waals surface area contributed by atoms with Crippen LogP contribution in [0.3, 0.4) is 0 Å². The van der Waals surface area contributed by atoms with Crippen molar-refractivity contribution in [3.63, 3.8) is 0 Å². The highest BCUT2D eigenvalue weighted by atomic mass is 35.5. The van der Waals surface area contributed by atoms with Crippen molar-refractivity contribution in [2.45, 2.75) is 11.8 Å². The molecule has 1 aromatic carbocycles. The molecule has 0 saturated carbocycles. The van der Waals surface area contributed by atoms with E-state index in [9.17, 15) is 22.9 Å². The molecule has 0 aliphatic rings. The van der Waals surface area contributed by atoms with E-state index in [1.54, 1.807) is 6.92 Å². The molecule has 0 heterocycles. The third-order valence-corrected chi connectivity index (χ3v) is 4.77. The van der Waals surface area contributed by atoms with Gasteiger partial charge in [-0.1, -0.05) is 6.92 Å². The van der Waals surface area contributed by atoms with Gasteiger partial charge in [0, 0.05) is 5.88 Å². The molecular weight excluding hydrogens is 285 g/mol. The van der Waals surface area contributed by atoms with Gasteiger partial charge in [0.1, 0.15) is 10.7 Å². The van der Waals surface area contributed by atoms with Crippen LogP contribution in [0.15, 0.2) is 23.1 Å². The molecule has 0 N–H and O–H groups in total. The van der Waals surface area contributed by atoms with Crippen molar-refractivity contribution < 1.29 is 17.7 Å². The maximum absolute atomic E-state index is 12.9. The van der Waals surface area contributed by atoms with E-state index in [-0.39, 0.29) is 17.6 Å². The minimum Gasteiger partial charge on any atom is -0.258 e. The molecular formula is C10H11ClFNO4S. The van der Waals surface area contributed by atoms with Gasteiger partial charge in [-0.3, -0.25) is 10.1 Å². The molecule has 0 saturated heterocycles. The van der Waals surface area contributed by atoms with E-state index in [0.29, 0.717) is 6.07 Å². The van der Waals surface area contributed by atoms with Gasteiger partial charge in [-0.05, 0) is 18.1 Å². The molecule has 0 radical (unpaired) electrons. The van der Waals surface area contributed by atoms with Crippen molar-refractivity contribution in [1.29, 1.82) is 0 Å². The van der Waals surface area contributed by atoms with Gasteiger partial charge in [-0.15, -0.1) is 11.6 Å². The zero-order chi connectivity index (χ0) is 13.9. The summed E-state index contributed by atoms with van der Waals surface area (Å²) in [6, 6.07) is 2.38. The molecule has 0 spiro atoms. The number of nitro groups is 1. The van der Waals surface area contributed by atoms with Crippen LogP contribution < -0.4 is 0 Å². The molecule has 1 atom stereocenters. The average molecular weight is 296 g/mol. The van der Waals surface area contributed by atoms with Crippen LogP contribution in [0.25, 0.3) is 0 Å². The maximum atomic E-state index is 12.9. The van der Waals surface area contributed by atoms with Gasteiger partial charge in [0.25, 0.3) is 5.69 Å². The number of halogens is 2. The Bertz CT molecular complexity index is 561. The highest BCUT2D eigenvalue weighted by Gasteiger charge is 2.27. The summed E-state index contributed by atoms with van der Waals surface area (Å²) in [5.41, 5.74) is -0.753. The van der Waals surface area contributed by atoms with Crippen LogP contribution in [0.4, 0.5) is 10.1 Å². The number of rotatable bonds is 5. The van der Waals surface area contributed by atoms with Gasteiger partial charge in [0.15, 0.2) is 9.84 Å². The average Bonchev–Trinajstić information content (AvgIpc) is 2.27. The van der Waals surface area contributed by atoms with Gasteiger partial charge >= 0.3 is 0 Å². The number of nitrogens with zero attached hydrogens (tertiary/aromatic N) is 1. The minimum atomic E-state index is -3.86. The third-order valence-electron chi connectivity index (χ3n) is 2.22. The summed E-state index contributed by atoms with van der Waals surface area (Å²) in [5.74, 6) is -1.40. The second-order valence-corrected chi connectivity index (χ2v) is 6.22. The zero-order valence-electron chi connectivity index (χ0n) is 9.47. The number of hydrogen-bond donors (Lipinski definition) is 0. The van der Waals surface area contributed by atoms with Crippen LogP contribution in [0.2, 0.25) is 0 Å². The fourth-order valence-electron chi connectivity index (χ4n) is 1.41. The lowest BCUT2D eigenvalue weighted by molar-refractivity contribution is -0.388. The predicted molar refractivity (Wildman–Crippen MR) is 65.0 cm³/mol. The highest BCUT2D eigenvalue weighted by Crippen LogP contribution is 2.26. The summed E-state index contributed by atoms with van der Waals surface area (Å²) >= 11 is 5.51. The molecule has 0 amide bonds. The Balaban J connectivity index is 3.28. The summed E-state index contributed by atoms with van der Waals surface area (Å²) in [6.07, 6.45) is 0. The minimum absolute atomic E-state index is 0.119. The van der Waals surface area contributed by atoms with Gasteiger partial charge in [0.05, 0.1) is 16.7 Å². The van der Waals surface area contributed by atoms with Gasteiger partial charge < -0.3 is 0 Å². The molecule has 5 nitrogen and oxygen atoms in total. The summed E-state index contributed by atoms with van der Waals surface area (Å²) in [4.78, 5) is 9.33. The Morgan fingerprint density at radius 2 is 2.11 bits per heavy atom. The van der Waals surface area contributed by atoms with Crippen LogP contribution in [0.1, 0.15) is 6.92 Å². The highest BCUT2D eigenvalue weighted by molar-refractivity contribution is 7.91. The van der Waals surface area contributed by atoms with Crippen LogP contribution in [-0.2, 0) is 9.84 Å². The van der Waals surface area contributed by atoms with Crippen molar-refractivity contribution in [3.05, 3.63) is 34.1 Å². The number of sulfone groups is 1. The predicted octanol–water partition coefficient (Wildman–Crippen LogP) is 2.38. The number of benzene rings is 1. The molecule has 1 aromatic rings. The van der Waals surface area contributed by atoms with Gasteiger partial charge in [-0.25, -0.2) is 12.8 Å². The van der Waals surface area contributed by atoms with E-state index in [0.717, 1.165) is 12.1 Å². The zero-order valence-corrected chi connectivity index (χ0v) is 11.0. The maximum Gasteiger partial charge on any atom is 0.290 e. The molecule has 0 fully saturated rings. The van der Waals surface area contributed by atoms with Crippen molar-refractivity contribution >= 4 is 27.1 Å². The number of nitro benzene ring substituents is 1. The Morgan fingerprint density at radius 1 is 1.50 bits per heavy atom.